The molecule has 0 fully saturated rings. The Morgan fingerprint density at radius 1 is 1.31 bits per heavy atom. The van der Waals surface area contributed by atoms with Crippen LogP contribution in [0.3, 0.4) is 0 Å². The highest BCUT2D eigenvalue weighted by molar-refractivity contribution is 5.44. The van der Waals surface area contributed by atoms with E-state index in [0.29, 0.717) is 17.7 Å². The van der Waals surface area contributed by atoms with Crippen molar-refractivity contribution in [1.82, 2.24) is 9.78 Å². The number of nitrogens with zero attached hydrogens (tertiary/aromatic N) is 1. The van der Waals surface area contributed by atoms with Crippen LogP contribution >= 0.6 is 0 Å². The van der Waals surface area contributed by atoms with E-state index in [1.165, 1.54) is 16.9 Å². The van der Waals surface area contributed by atoms with Crippen molar-refractivity contribution in [1.29, 1.82) is 0 Å². The SMILES string of the molecule is O=c1c(CCO)c[nH]n1-c1ccccc1O. The van der Waals surface area contributed by atoms with Crippen molar-refractivity contribution in [2.24, 2.45) is 0 Å². The summed E-state index contributed by atoms with van der Waals surface area (Å²) in [6.45, 7) is -0.0755. The van der Waals surface area contributed by atoms with Gasteiger partial charge in [0.2, 0.25) is 0 Å². The van der Waals surface area contributed by atoms with Crippen LogP contribution in [0, 0.1) is 0 Å². The maximum Gasteiger partial charge on any atom is 0.274 e. The fourth-order valence-electron chi connectivity index (χ4n) is 1.54. The fraction of sp³-hybridized carbons (Fsp3) is 0.182. The third-order valence-corrected chi connectivity index (χ3v) is 2.35. The van der Waals surface area contributed by atoms with E-state index in [-0.39, 0.29) is 17.9 Å². The van der Waals surface area contributed by atoms with Gasteiger partial charge in [0.25, 0.3) is 5.56 Å². The number of rotatable bonds is 3. The molecular formula is C11H12N2O3. The normalized spacial score (nSPS) is 10.6. The smallest absolute Gasteiger partial charge is 0.274 e. The van der Waals surface area contributed by atoms with E-state index in [4.69, 9.17) is 5.11 Å². The zero-order valence-corrected chi connectivity index (χ0v) is 8.55. The molecule has 5 heteroatoms. The predicted molar refractivity (Wildman–Crippen MR) is 58.8 cm³/mol. The van der Waals surface area contributed by atoms with Crippen LogP contribution < -0.4 is 5.56 Å². The van der Waals surface area contributed by atoms with Gasteiger partial charge in [0.1, 0.15) is 11.4 Å². The van der Waals surface area contributed by atoms with Gasteiger partial charge in [-0.15, -0.1) is 0 Å². The van der Waals surface area contributed by atoms with E-state index in [2.05, 4.69) is 5.10 Å². The molecule has 2 aromatic rings. The summed E-state index contributed by atoms with van der Waals surface area (Å²) >= 11 is 0. The number of phenolic OH excluding ortho intramolecular Hbond substituents is 1. The summed E-state index contributed by atoms with van der Waals surface area (Å²) in [5, 5.41) is 21.1. The molecule has 0 spiro atoms. The minimum absolute atomic E-state index is 0.0296. The molecule has 0 unspecified atom stereocenters. The summed E-state index contributed by atoms with van der Waals surface area (Å²) in [5.41, 5.74) is 0.637. The van der Waals surface area contributed by atoms with E-state index in [1.807, 2.05) is 0 Å². The molecule has 0 saturated carbocycles. The minimum Gasteiger partial charge on any atom is -0.506 e. The van der Waals surface area contributed by atoms with Gasteiger partial charge in [0, 0.05) is 24.8 Å². The Bertz CT molecular complexity index is 542. The van der Waals surface area contributed by atoms with E-state index in [9.17, 15) is 9.90 Å². The van der Waals surface area contributed by atoms with Crippen LogP contribution in [0.4, 0.5) is 0 Å². The maximum atomic E-state index is 11.8. The standard InChI is InChI=1S/C11H12N2O3/c14-6-5-8-7-12-13(11(8)16)9-3-1-2-4-10(9)15/h1-4,7,12,14-15H,5-6H2. The summed E-state index contributed by atoms with van der Waals surface area (Å²) in [4.78, 5) is 11.8. The molecule has 0 amide bonds. The van der Waals surface area contributed by atoms with Crippen LogP contribution in [0.15, 0.2) is 35.3 Å². The molecular weight excluding hydrogens is 208 g/mol. The van der Waals surface area contributed by atoms with Gasteiger partial charge in [-0.05, 0) is 12.1 Å². The zero-order valence-electron chi connectivity index (χ0n) is 8.55. The van der Waals surface area contributed by atoms with E-state index in [0.717, 1.165) is 0 Å². The van der Waals surface area contributed by atoms with Crippen LogP contribution in [0.1, 0.15) is 5.56 Å². The highest BCUT2D eigenvalue weighted by Crippen LogP contribution is 2.18. The van der Waals surface area contributed by atoms with Crippen molar-refractivity contribution in [3.63, 3.8) is 0 Å². The minimum atomic E-state index is -0.254. The predicted octanol–water partition coefficient (Wildman–Crippen LogP) is 0.406. The van der Waals surface area contributed by atoms with Crippen LogP contribution in [-0.2, 0) is 6.42 Å². The third kappa shape index (κ3) is 1.72. The Morgan fingerprint density at radius 2 is 2.06 bits per heavy atom. The molecule has 1 aromatic heterocycles. The zero-order chi connectivity index (χ0) is 11.5. The Morgan fingerprint density at radius 3 is 2.75 bits per heavy atom. The van der Waals surface area contributed by atoms with Gasteiger partial charge in [-0.3, -0.25) is 9.89 Å². The lowest BCUT2D eigenvalue weighted by atomic mass is 10.2. The molecule has 0 radical (unpaired) electrons. The molecule has 1 heterocycles. The van der Waals surface area contributed by atoms with E-state index < -0.39 is 0 Å². The quantitative estimate of drug-likeness (QED) is 0.700. The summed E-state index contributed by atoms with van der Waals surface area (Å²) in [6.07, 6.45) is 1.83. The van der Waals surface area contributed by atoms with Crippen LogP contribution in [-0.4, -0.2) is 26.6 Å². The summed E-state index contributed by atoms with van der Waals surface area (Å²) in [7, 11) is 0. The number of aromatic hydroxyl groups is 1. The molecule has 16 heavy (non-hydrogen) atoms. The molecule has 1 aromatic carbocycles. The number of para-hydroxylation sites is 2. The maximum absolute atomic E-state index is 11.8. The van der Waals surface area contributed by atoms with Gasteiger partial charge in [-0.2, -0.15) is 0 Å². The number of hydrogen-bond acceptors (Lipinski definition) is 3. The van der Waals surface area contributed by atoms with Crippen molar-refractivity contribution >= 4 is 0 Å². The number of benzene rings is 1. The lowest BCUT2D eigenvalue weighted by Crippen LogP contribution is -2.18. The Labute approximate surface area is 91.6 Å². The van der Waals surface area contributed by atoms with Crippen LogP contribution in [0.25, 0.3) is 5.69 Å². The second-order valence-corrected chi connectivity index (χ2v) is 3.40. The fourth-order valence-corrected chi connectivity index (χ4v) is 1.54. The van der Waals surface area contributed by atoms with Gasteiger partial charge in [0.05, 0.1) is 0 Å². The second kappa shape index (κ2) is 4.24. The first-order chi connectivity index (χ1) is 7.74. The van der Waals surface area contributed by atoms with Gasteiger partial charge in [-0.1, -0.05) is 12.1 Å². The van der Waals surface area contributed by atoms with Gasteiger partial charge < -0.3 is 10.2 Å². The number of aromatic amines is 1. The Hall–Kier alpha value is -2.01. The molecule has 0 atom stereocenters. The van der Waals surface area contributed by atoms with Crippen LogP contribution in [0.2, 0.25) is 0 Å². The number of aliphatic hydroxyl groups is 1. The first-order valence-electron chi connectivity index (χ1n) is 4.92. The third-order valence-electron chi connectivity index (χ3n) is 2.35. The number of nitrogens with one attached hydrogen (secondary N) is 1. The number of H-pyrrole nitrogens is 1. The number of aliphatic hydroxyl groups excluding tert-OH is 1. The van der Waals surface area contributed by atoms with Crippen molar-refractivity contribution in [2.75, 3.05) is 6.61 Å². The molecule has 0 aliphatic carbocycles. The molecule has 0 saturated heterocycles. The molecule has 0 bridgehead atoms. The number of phenols is 1. The van der Waals surface area contributed by atoms with Crippen molar-refractivity contribution in [3.05, 3.63) is 46.4 Å². The Balaban J connectivity index is 2.50. The summed E-state index contributed by atoms with van der Waals surface area (Å²) in [5.74, 6) is 0.0296. The molecule has 84 valence electrons. The highest BCUT2D eigenvalue weighted by Gasteiger charge is 2.09. The largest absolute Gasteiger partial charge is 0.506 e. The first kappa shape index (κ1) is 10.5. The average molecular weight is 220 g/mol. The van der Waals surface area contributed by atoms with Crippen molar-refractivity contribution in [2.45, 2.75) is 6.42 Å². The average Bonchev–Trinajstić information content (AvgIpc) is 2.62. The van der Waals surface area contributed by atoms with E-state index >= 15 is 0 Å². The molecule has 0 aliphatic heterocycles. The lowest BCUT2D eigenvalue weighted by Gasteiger charge is -2.03. The van der Waals surface area contributed by atoms with Crippen LogP contribution in [0.5, 0.6) is 5.75 Å². The number of aromatic nitrogens is 2. The van der Waals surface area contributed by atoms with Gasteiger partial charge >= 0.3 is 0 Å². The topological polar surface area (TPSA) is 78.2 Å². The summed E-state index contributed by atoms with van der Waals surface area (Å²) < 4.78 is 1.25. The highest BCUT2D eigenvalue weighted by atomic mass is 16.3. The monoisotopic (exact) mass is 220 g/mol. The first-order valence-corrected chi connectivity index (χ1v) is 4.92. The summed E-state index contributed by atoms with van der Waals surface area (Å²) in [6, 6.07) is 6.56. The lowest BCUT2D eigenvalue weighted by molar-refractivity contribution is 0.299. The Kier molecular flexibility index (Phi) is 2.78. The molecule has 5 nitrogen and oxygen atoms in total. The second-order valence-electron chi connectivity index (χ2n) is 3.40. The molecule has 3 N–H and O–H groups in total. The molecule has 2 rings (SSSR count). The van der Waals surface area contributed by atoms with Gasteiger partial charge in [-0.25, -0.2) is 4.68 Å². The van der Waals surface area contributed by atoms with E-state index in [1.54, 1.807) is 18.2 Å². The van der Waals surface area contributed by atoms with Crippen molar-refractivity contribution < 1.29 is 10.2 Å². The number of hydrogen-bond donors (Lipinski definition) is 3. The van der Waals surface area contributed by atoms with Gasteiger partial charge in [0.15, 0.2) is 0 Å². The van der Waals surface area contributed by atoms with Crippen molar-refractivity contribution in [3.8, 4) is 11.4 Å². The molecule has 0 aliphatic rings.